The minimum absolute atomic E-state index is 0.444. The summed E-state index contributed by atoms with van der Waals surface area (Å²) in [5.74, 6) is 0.614. The number of halogens is 1. The number of nitrogens with one attached hydrogen (secondary N) is 1. The van der Waals surface area contributed by atoms with Gasteiger partial charge in [-0.25, -0.2) is 0 Å². The Kier molecular flexibility index (Phi) is 5.92. The third-order valence-electron chi connectivity index (χ3n) is 3.49. The second-order valence-electron chi connectivity index (χ2n) is 4.96. The van der Waals surface area contributed by atoms with E-state index in [1.165, 1.54) is 28.4 Å². The molecule has 0 aromatic heterocycles. The van der Waals surface area contributed by atoms with Crippen molar-refractivity contribution in [3.05, 3.63) is 33.4 Å². The molecule has 2 unspecified atom stereocenters. The topological polar surface area (TPSA) is 21.3 Å². The predicted molar refractivity (Wildman–Crippen MR) is 83.7 cm³/mol. The molecule has 2 atom stereocenters. The van der Waals surface area contributed by atoms with E-state index in [0.717, 1.165) is 19.8 Å². The van der Waals surface area contributed by atoms with E-state index in [0.29, 0.717) is 12.0 Å². The summed E-state index contributed by atoms with van der Waals surface area (Å²) in [6.45, 7) is 5.12. The summed E-state index contributed by atoms with van der Waals surface area (Å²) in [5.41, 5.74) is 1.41. The number of ether oxygens (including phenoxy) is 1. The molecule has 1 saturated heterocycles. The SMILES string of the molecule is CCCNC(c1cccc(I)c1)C1CCCOC1. The fraction of sp³-hybridized carbons (Fsp3) is 0.600. The maximum absolute atomic E-state index is 5.65. The summed E-state index contributed by atoms with van der Waals surface area (Å²) >= 11 is 2.39. The quantitative estimate of drug-likeness (QED) is 0.809. The van der Waals surface area contributed by atoms with Crippen LogP contribution in [0.3, 0.4) is 0 Å². The summed E-state index contributed by atoms with van der Waals surface area (Å²) in [6.07, 6.45) is 3.64. The fourth-order valence-electron chi connectivity index (χ4n) is 2.59. The van der Waals surface area contributed by atoms with Crippen LogP contribution in [0.2, 0.25) is 0 Å². The van der Waals surface area contributed by atoms with Gasteiger partial charge in [0.2, 0.25) is 0 Å². The van der Waals surface area contributed by atoms with Crippen molar-refractivity contribution in [3.8, 4) is 0 Å². The minimum atomic E-state index is 0.444. The lowest BCUT2D eigenvalue weighted by Crippen LogP contribution is -2.33. The molecule has 1 aliphatic heterocycles. The van der Waals surface area contributed by atoms with Crippen LogP contribution in [0.5, 0.6) is 0 Å². The average molecular weight is 359 g/mol. The van der Waals surface area contributed by atoms with Gasteiger partial charge in [-0.3, -0.25) is 0 Å². The highest BCUT2D eigenvalue weighted by molar-refractivity contribution is 14.1. The summed E-state index contributed by atoms with van der Waals surface area (Å²) < 4.78 is 6.96. The van der Waals surface area contributed by atoms with E-state index >= 15 is 0 Å². The van der Waals surface area contributed by atoms with E-state index < -0.39 is 0 Å². The van der Waals surface area contributed by atoms with Gasteiger partial charge in [-0.1, -0.05) is 19.1 Å². The van der Waals surface area contributed by atoms with Crippen molar-refractivity contribution in [2.75, 3.05) is 19.8 Å². The molecule has 1 N–H and O–H groups in total. The molecule has 1 heterocycles. The Labute approximate surface area is 124 Å². The molecule has 1 aromatic rings. The molecule has 0 saturated carbocycles. The van der Waals surface area contributed by atoms with Crippen LogP contribution < -0.4 is 5.32 Å². The highest BCUT2D eigenvalue weighted by Crippen LogP contribution is 2.29. The van der Waals surface area contributed by atoms with Gasteiger partial charge in [0.05, 0.1) is 6.61 Å². The lowest BCUT2D eigenvalue weighted by Gasteiger charge is -2.31. The monoisotopic (exact) mass is 359 g/mol. The lowest BCUT2D eigenvalue weighted by molar-refractivity contribution is 0.0390. The van der Waals surface area contributed by atoms with E-state index in [9.17, 15) is 0 Å². The van der Waals surface area contributed by atoms with Gasteiger partial charge < -0.3 is 10.1 Å². The zero-order chi connectivity index (χ0) is 12.8. The van der Waals surface area contributed by atoms with Gasteiger partial charge in [-0.2, -0.15) is 0 Å². The highest BCUT2D eigenvalue weighted by Gasteiger charge is 2.25. The van der Waals surface area contributed by atoms with Gasteiger partial charge >= 0.3 is 0 Å². The van der Waals surface area contributed by atoms with Crippen molar-refractivity contribution in [1.82, 2.24) is 5.32 Å². The Morgan fingerprint density at radius 3 is 3.06 bits per heavy atom. The Bertz CT molecular complexity index is 363. The molecule has 0 spiro atoms. The van der Waals surface area contributed by atoms with E-state index in [1.807, 2.05) is 0 Å². The number of rotatable bonds is 5. The van der Waals surface area contributed by atoms with Crippen LogP contribution in [0.25, 0.3) is 0 Å². The first-order chi connectivity index (χ1) is 8.81. The van der Waals surface area contributed by atoms with Gasteiger partial charge in [0.25, 0.3) is 0 Å². The van der Waals surface area contributed by atoms with Crippen LogP contribution in [-0.4, -0.2) is 19.8 Å². The number of hydrogen-bond acceptors (Lipinski definition) is 2. The normalized spacial score (nSPS) is 21.8. The summed E-state index contributed by atoms with van der Waals surface area (Å²) in [6, 6.07) is 9.28. The molecule has 0 aliphatic carbocycles. The maximum atomic E-state index is 5.65. The first-order valence-electron chi connectivity index (χ1n) is 6.88. The second-order valence-corrected chi connectivity index (χ2v) is 6.21. The summed E-state index contributed by atoms with van der Waals surface area (Å²) in [4.78, 5) is 0. The molecule has 18 heavy (non-hydrogen) atoms. The number of hydrogen-bond donors (Lipinski definition) is 1. The highest BCUT2D eigenvalue weighted by atomic mass is 127. The summed E-state index contributed by atoms with van der Waals surface area (Å²) in [5, 5.41) is 3.70. The molecule has 0 bridgehead atoms. The van der Waals surface area contributed by atoms with Gasteiger partial charge in [-0.05, 0) is 66.1 Å². The van der Waals surface area contributed by atoms with Crippen LogP contribution >= 0.6 is 22.6 Å². The molecule has 2 nitrogen and oxygen atoms in total. The Balaban J connectivity index is 2.12. The first kappa shape index (κ1) is 14.3. The van der Waals surface area contributed by atoms with Crippen molar-refractivity contribution in [1.29, 1.82) is 0 Å². The Morgan fingerprint density at radius 1 is 1.50 bits per heavy atom. The smallest absolute Gasteiger partial charge is 0.0512 e. The summed E-state index contributed by atoms with van der Waals surface area (Å²) in [7, 11) is 0. The molecule has 2 rings (SSSR count). The van der Waals surface area contributed by atoms with Gasteiger partial charge in [0.15, 0.2) is 0 Å². The molecule has 100 valence electrons. The van der Waals surface area contributed by atoms with Crippen molar-refractivity contribution in [3.63, 3.8) is 0 Å². The van der Waals surface area contributed by atoms with Gasteiger partial charge in [-0.15, -0.1) is 0 Å². The molecule has 0 radical (unpaired) electrons. The van der Waals surface area contributed by atoms with Gasteiger partial charge in [0.1, 0.15) is 0 Å². The second kappa shape index (κ2) is 7.46. The van der Waals surface area contributed by atoms with E-state index in [1.54, 1.807) is 0 Å². The zero-order valence-corrected chi connectivity index (χ0v) is 13.2. The Morgan fingerprint density at radius 2 is 2.39 bits per heavy atom. The molecule has 1 aromatic carbocycles. The molecular weight excluding hydrogens is 337 g/mol. The van der Waals surface area contributed by atoms with Crippen molar-refractivity contribution in [2.24, 2.45) is 5.92 Å². The average Bonchev–Trinajstić information content (AvgIpc) is 2.40. The number of benzene rings is 1. The fourth-order valence-corrected chi connectivity index (χ4v) is 3.15. The minimum Gasteiger partial charge on any atom is -0.381 e. The van der Waals surface area contributed by atoms with Crippen LogP contribution in [0.1, 0.15) is 37.8 Å². The van der Waals surface area contributed by atoms with Crippen molar-refractivity contribution < 1.29 is 4.74 Å². The Hall–Kier alpha value is -0.130. The van der Waals surface area contributed by atoms with E-state index in [2.05, 4.69) is 59.1 Å². The van der Waals surface area contributed by atoms with Crippen LogP contribution in [0.15, 0.2) is 24.3 Å². The largest absolute Gasteiger partial charge is 0.381 e. The molecular formula is C15H22INO. The predicted octanol–water partition coefficient (Wildman–Crippen LogP) is 3.76. The molecule has 3 heteroatoms. The van der Waals surface area contributed by atoms with Crippen molar-refractivity contribution >= 4 is 22.6 Å². The van der Waals surface area contributed by atoms with Crippen LogP contribution in [-0.2, 0) is 4.74 Å². The molecule has 1 aliphatic rings. The van der Waals surface area contributed by atoms with Crippen LogP contribution in [0.4, 0.5) is 0 Å². The van der Waals surface area contributed by atoms with Gasteiger partial charge in [0, 0.05) is 22.1 Å². The van der Waals surface area contributed by atoms with Crippen LogP contribution in [0, 0.1) is 9.49 Å². The maximum Gasteiger partial charge on any atom is 0.0512 e. The van der Waals surface area contributed by atoms with E-state index in [-0.39, 0.29) is 0 Å². The lowest BCUT2D eigenvalue weighted by atomic mass is 9.88. The molecule has 1 fully saturated rings. The standard InChI is InChI=1S/C15H22INO/c1-2-8-17-15(13-6-4-9-18-11-13)12-5-3-7-14(16)10-12/h3,5,7,10,13,15,17H,2,4,6,8-9,11H2,1H3. The third kappa shape index (κ3) is 3.93. The zero-order valence-electron chi connectivity index (χ0n) is 11.0. The van der Waals surface area contributed by atoms with E-state index in [4.69, 9.17) is 4.74 Å². The van der Waals surface area contributed by atoms with Crippen molar-refractivity contribution in [2.45, 2.75) is 32.2 Å². The molecule has 0 amide bonds. The first-order valence-corrected chi connectivity index (χ1v) is 7.95. The third-order valence-corrected chi connectivity index (χ3v) is 4.16.